The van der Waals surface area contributed by atoms with Crippen molar-refractivity contribution in [1.82, 2.24) is 15.3 Å². The van der Waals surface area contributed by atoms with Crippen LogP contribution in [-0.4, -0.2) is 58.3 Å². The number of carbonyl (C=O) groups is 3. The molecule has 0 radical (unpaired) electrons. The summed E-state index contributed by atoms with van der Waals surface area (Å²) in [4.78, 5) is 47.2. The number of nitrogens with zero attached hydrogens (tertiary/aromatic N) is 1. The summed E-state index contributed by atoms with van der Waals surface area (Å²) in [5.41, 5.74) is 8.43. The number of hydrogen-bond donors (Lipinski definition) is 7. The number of hydrogen-bond acceptors (Lipinski definition) is 11. The molecule has 0 aliphatic carbocycles. The van der Waals surface area contributed by atoms with Crippen LogP contribution in [0.3, 0.4) is 0 Å². The number of aromatic nitrogens is 2. The largest absolute Gasteiger partial charge is 0.507 e. The number of sulfonamides is 1. The Balaban J connectivity index is 1.33. The van der Waals surface area contributed by atoms with Crippen molar-refractivity contribution in [3.8, 4) is 34.0 Å². The molecule has 9 N–H and O–H groups in total. The van der Waals surface area contributed by atoms with E-state index in [1.165, 1.54) is 12.1 Å². The van der Waals surface area contributed by atoms with E-state index in [0.717, 1.165) is 23.8 Å². The fourth-order valence-electron chi connectivity index (χ4n) is 5.81. The maximum Gasteiger partial charge on any atom is 0.329 e. The molecule has 1 heterocycles. The maximum absolute atomic E-state index is 13.7. The number of esters is 2. The molecule has 0 unspecified atom stereocenters. The van der Waals surface area contributed by atoms with Gasteiger partial charge in [-0.15, -0.1) is 0 Å². The second-order valence-electron chi connectivity index (χ2n) is 12.7. The van der Waals surface area contributed by atoms with Crippen molar-refractivity contribution in [2.24, 2.45) is 10.9 Å². The van der Waals surface area contributed by atoms with Crippen molar-refractivity contribution in [2.45, 2.75) is 37.0 Å². The Kier molecular flexibility index (Phi) is 11.4. The zero-order valence-electron chi connectivity index (χ0n) is 29.6. The van der Waals surface area contributed by atoms with Crippen LogP contribution in [-0.2, 0) is 53.5 Å². The molecule has 0 bridgehead atoms. The number of amidine groups is 1. The van der Waals surface area contributed by atoms with Crippen LogP contribution in [0, 0.1) is 5.41 Å². The van der Waals surface area contributed by atoms with Gasteiger partial charge in [-0.25, -0.2) is 23.3 Å². The number of carbonyl (C=O) groups excluding carboxylic acids is 3. The highest BCUT2D eigenvalue weighted by Crippen LogP contribution is 2.43. The average molecular weight is 777 g/mol. The maximum atomic E-state index is 13.7. The number of ether oxygens (including phenoxy) is 2. The summed E-state index contributed by atoms with van der Waals surface area (Å²) in [5.74, 6) is -3.31. The zero-order chi connectivity index (χ0) is 40.0. The highest BCUT2D eigenvalue weighted by atomic mass is 32.2. The number of H-pyrrole nitrogens is 1. The fourth-order valence-corrected chi connectivity index (χ4v) is 6.35. The first-order valence-corrected chi connectivity index (χ1v) is 18.6. The number of primary sulfonamides is 1. The number of nitrogens with one attached hydrogen (secondary N) is 3. The normalized spacial score (nSPS) is 11.8. The van der Waals surface area contributed by atoms with Crippen LogP contribution >= 0.6 is 0 Å². The summed E-state index contributed by atoms with van der Waals surface area (Å²) in [7, 11) is -4.24. The van der Waals surface area contributed by atoms with Crippen molar-refractivity contribution in [1.29, 1.82) is 5.41 Å². The highest BCUT2D eigenvalue weighted by molar-refractivity contribution is 7.89. The van der Waals surface area contributed by atoms with Gasteiger partial charge in [0.25, 0.3) is 0 Å². The Labute approximate surface area is 320 Å². The van der Waals surface area contributed by atoms with Crippen LogP contribution in [0.1, 0.15) is 28.7 Å². The molecule has 0 fully saturated rings. The van der Waals surface area contributed by atoms with Crippen molar-refractivity contribution < 1.29 is 42.5 Å². The van der Waals surface area contributed by atoms with Gasteiger partial charge in [0.2, 0.25) is 15.9 Å². The minimum Gasteiger partial charge on any atom is -0.507 e. The second-order valence-corrected chi connectivity index (χ2v) is 14.3. The standard InChI is InChI=1S/C40H36N6O9S/c41-38(42)26-11-13-31-32(18-26)46-39(45-31)30-16-25(15-29(37(30)50)28-19-27(56(43,52)53)12-14-34(28)47)17-35(48)44-33(40(51)55-22-24-9-5-2-6-10-24)20-36(49)54-21-23-7-3-1-4-8-23/h1-16,18-19,33,47,50H,17,20-22H2,(H3,41,42)(H,44,48)(H,45,46)(H2,43,52,53)/t33-/m0/s1. The van der Waals surface area contributed by atoms with E-state index >= 15 is 0 Å². The Morgan fingerprint density at radius 3 is 2.09 bits per heavy atom. The van der Waals surface area contributed by atoms with Gasteiger partial charge in [-0.05, 0) is 65.2 Å². The van der Waals surface area contributed by atoms with E-state index in [0.29, 0.717) is 22.2 Å². The molecule has 6 rings (SSSR count). The quantitative estimate of drug-likeness (QED) is 0.0470. The fraction of sp³-hybridized carbons (Fsp3) is 0.125. The molecule has 1 amide bonds. The lowest BCUT2D eigenvalue weighted by molar-refractivity contribution is -0.155. The number of phenolic OH excluding ortho intramolecular Hbond substituents is 2. The molecule has 0 saturated heterocycles. The summed E-state index contributed by atoms with van der Waals surface area (Å²) >= 11 is 0. The summed E-state index contributed by atoms with van der Waals surface area (Å²) in [6.07, 6.45) is -0.986. The monoisotopic (exact) mass is 776 g/mol. The summed E-state index contributed by atoms with van der Waals surface area (Å²) < 4.78 is 35.3. The average Bonchev–Trinajstić information content (AvgIpc) is 3.60. The first-order valence-electron chi connectivity index (χ1n) is 17.0. The van der Waals surface area contributed by atoms with E-state index in [4.69, 9.17) is 25.8 Å². The third-order valence-corrected chi connectivity index (χ3v) is 9.54. The number of aromatic hydroxyl groups is 2. The number of benzene rings is 5. The van der Waals surface area contributed by atoms with Gasteiger partial charge in [-0.2, -0.15) is 0 Å². The van der Waals surface area contributed by atoms with Gasteiger partial charge in [0, 0.05) is 16.7 Å². The third kappa shape index (κ3) is 9.36. The van der Waals surface area contributed by atoms with E-state index in [1.54, 1.807) is 72.8 Å². The van der Waals surface area contributed by atoms with Gasteiger partial charge in [-0.3, -0.25) is 15.0 Å². The topological polar surface area (TPSA) is 261 Å². The van der Waals surface area contributed by atoms with E-state index in [1.807, 2.05) is 6.07 Å². The second kappa shape index (κ2) is 16.5. The molecule has 56 heavy (non-hydrogen) atoms. The van der Waals surface area contributed by atoms with Crippen molar-refractivity contribution in [3.05, 3.63) is 131 Å². The van der Waals surface area contributed by atoms with Crippen LogP contribution in [0.4, 0.5) is 0 Å². The molecule has 0 aliphatic heterocycles. The Hall–Kier alpha value is -7.04. The summed E-state index contributed by atoms with van der Waals surface area (Å²) in [6.45, 7) is -0.182. The molecule has 0 aliphatic rings. The predicted octanol–water partition coefficient (Wildman–Crippen LogP) is 4.14. The van der Waals surface area contributed by atoms with Gasteiger partial charge < -0.3 is 35.7 Å². The van der Waals surface area contributed by atoms with Gasteiger partial charge in [-0.1, -0.05) is 60.7 Å². The lowest BCUT2D eigenvalue weighted by atomic mass is 9.95. The van der Waals surface area contributed by atoms with E-state index in [9.17, 15) is 33.0 Å². The Morgan fingerprint density at radius 1 is 0.804 bits per heavy atom. The molecular weight excluding hydrogens is 741 g/mol. The zero-order valence-corrected chi connectivity index (χ0v) is 30.4. The number of phenols is 2. The van der Waals surface area contributed by atoms with E-state index in [-0.39, 0.29) is 52.0 Å². The summed E-state index contributed by atoms with van der Waals surface area (Å²) in [5, 5.41) is 38.2. The minimum atomic E-state index is -4.24. The minimum absolute atomic E-state index is 0.0506. The first kappa shape index (κ1) is 38.7. The lowest BCUT2D eigenvalue weighted by Crippen LogP contribution is -2.44. The number of rotatable bonds is 14. The summed E-state index contributed by atoms with van der Waals surface area (Å²) in [6, 6.07) is 27.2. The Bertz CT molecular complexity index is 2560. The first-order chi connectivity index (χ1) is 26.7. The molecule has 1 aromatic heterocycles. The Morgan fingerprint density at radius 2 is 1.45 bits per heavy atom. The van der Waals surface area contributed by atoms with E-state index in [2.05, 4.69) is 15.3 Å². The number of nitrogens with two attached hydrogens (primary N) is 2. The molecule has 15 nitrogen and oxygen atoms in total. The molecule has 1 atom stereocenters. The predicted molar refractivity (Wildman–Crippen MR) is 205 cm³/mol. The third-order valence-electron chi connectivity index (χ3n) is 8.63. The number of fused-ring (bicyclic) bond motifs is 1. The number of imidazole rings is 1. The number of aromatic amines is 1. The van der Waals surface area contributed by atoms with Gasteiger partial charge in [0.15, 0.2) is 0 Å². The molecule has 16 heteroatoms. The van der Waals surface area contributed by atoms with Crippen molar-refractivity contribution in [3.63, 3.8) is 0 Å². The van der Waals surface area contributed by atoms with Crippen LogP contribution < -0.4 is 16.2 Å². The van der Waals surface area contributed by atoms with Gasteiger partial charge >= 0.3 is 11.9 Å². The van der Waals surface area contributed by atoms with Crippen molar-refractivity contribution >= 4 is 44.7 Å². The molecular formula is C40H36N6O9S. The van der Waals surface area contributed by atoms with Crippen LogP contribution in [0.15, 0.2) is 114 Å². The van der Waals surface area contributed by atoms with Gasteiger partial charge in [0.1, 0.15) is 42.4 Å². The van der Waals surface area contributed by atoms with E-state index < -0.39 is 58.3 Å². The number of amides is 1. The van der Waals surface area contributed by atoms with Crippen LogP contribution in [0.25, 0.3) is 33.5 Å². The van der Waals surface area contributed by atoms with Crippen LogP contribution in [0.2, 0.25) is 0 Å². The van der Waals surface area contributed by atoms with Crippen LogP contribution in [0.5, 0.6) is 11.5 Å². The van der Waals surface area contributed by atoms with Gasteiger partial charge in [0.05, 0.1) is 34.3 Å². The molecule has 6 aromatic rings. The molecule has 0 spiro atoms. The highest BCUT2D eigenvalue weighted by Gasteiger charge is 2.28. The lowest BCUT2D eigenvalue weighted by Gasteiger charge is -2.18. The smallest absolute Gasteiger partial charge is 0.329 e. The van der Waals surface area contributed by atoms with Crippen molar-refractivity contribution in [2.75, 3.05) is 0 Å². The molecule has 0 saturated carbocycles. The molecule has 286 valence electrons. The number of nitrogen functional groups attached to an aromatic ring is 1. The molecule has 5 aromatic carbocycles. The SMILES string of the molecule is N=C(N)c1ccc2[nH]c(-c3cc(CC(=O)N[C@@H](CC(=O)OCc4ccccc4)C(=O)OCc4ccccc4)cc(-c4cc(S(N)(=O)=O)ccc4O)c3O)nc2c1.